The molecule has 1 aliphatic heterocycles. The lowest BCUT2D eigenvalue weighted by molar-refractivity contribution is -0.137. The molecule has 3 N–H and O–H groups in total. The van der Waals surface area contributed by atoms with Gasteiger partial charge in [0.15, 0.2) is 0 Å². The number of carbonyl (C=O) groups is 2. The molecule has 2 aromatic rings. The van der Waals surface area contributed by atoms with E-state index in [0.29, 0.717) is 36.6 Å². The molecular formula is C32H43F3N4O4. The van der Waals surface area contributed by atoms with Crippen LogP contribution in [-0.4, -0.2) is 71.8 Å². The summed E-state index contributed by atoms with van der Waals surface area (Å²) in [6, 6.07) is 9.87. The van der Waals surface area contributed by atoms with Crippen LogP contribution in [0, 0.1) is 5.92 Å². The molecule has 2 aromatic carbocycles. The Balaban J connectivity index is 1.52. The van der Waals surface area contributed by atoms with E-state index >= 15 is 0 Å². The van der Waals surface area contributed by atoms with Gasteiger partial charge in [-0.25, -0.2) is 4.79 Å². The normalized spacial score (nSPS) is 20.8. The Bertz CT molecular complexity index is 1230. The summed E-state index contributed by atoms with van der Waals surface area (Å²) in [5.74, 6) is 0.253. The number of fused-ring (bicyclic) bond motifs is 1. The second-order valence-corrected chi connectivity index (χ2v) is 12.0. The number of aliphatic hydroxyl groups is 1. The van der Waals surface area contributed by atoms with Crippen LogP contribution in [-0.2, 0) is 23.9 Å². The van der Waals surface area contributed by atoms with Crippen molar-refractivity contribution in [2.75, 3.05) is 32.1 Å². The predicted octanol–water partition coefficient (Wildman–Crippen LogP) is 5.44. The molecule has 0 bridgehead atoms. The van der Waals surface area contributed by atoms with E-state index in [1.807, 2.05) is 18.9 Å². The molecular weight excluding hydrogens is 561 g/mol. The highest BCUT2D eigenvalue weighted by Gasteiger charge is 2.32. The predicted molar refractivity (Wildman–Crippen MR) is 159 cm³/mol. The number of urea groups is 1. The van der Waals surface area contributed by atoms with Crippen LogP contribution in [0.25, 0.3) is 0 Å². The zero-order chi connectivity index (χ0) is 31.1. The Kier molecular flexibility index (Phi) is 10.9. The van der Waals surface area contributed by atoms with Gasteiger partial charge in [0, 0.05) is 42.8 Å². The number of hydrogen-bond acceptors (Lipinski definition) is 5. The summed E-state index contributed by atoms with van der Waals surface area (Å²) in [6.45, 7) is 4.81. The Labute approximate surface area is 251 Å². The van der Waals surface area contributed by atoms with Crippen molar-refractivity contribution in [2.45, 2.75) is 83.3 Å². The molecule has 236 valence electrons. The van der Waals surface area contributed by atoms with Gasteiger partial charge in [-0.2, -0.15) is 13.2 Å². The fourth-order valence-electron chi connectivity index (χ4n) is 5.81. The maximum absolute atomic E-state index is 13.5. The highest BCUT2D eigenvalue weighted by molar-refractivity contribution is 5.90. The highest BCUT2D eigenvalue weighted by Crippen LogP contribution is 2.31. The number of hydrogen-bond donors (Lipinski definition) is 3. The molecule has 8 nitrogen and oxygen atoms in total. The molecule has 3 atom stereocenters. The van der Waals surface area contributed by atoms with Gasteiger partial charge in [-0.3, -0.25) is 9.69 Å². The van der Waals surface area contributed by atoms with E-state index in [1.165, 1.54) is 18.6 Å². The topological polar surface area (TPSA) is 94.1 Å². The lowest BCUT2D eigenvalue weighted by atomic mass is 9.96. The first-order valence-electron chi connectivity index (χ1n) is 15.0. The van der Waals surface area contributed by atoms with Crippen LogP contribution in [0.4, 0.5) is 23.7 Å². The Morgan fingerprint density at radius 1 is 1.14 bits per heavy atom. The molecule has 11 heteroatoms. The molecule has 0 spiro atoms. The Morgan fingerprint density at radius 3 is 2.49 bits per heavy atom. The van der Waals surface area contributed by atoms with Crippen LogP contribution < -0.4 is 15.4 Å². The van der Waals surface area contributed by atoms with E-state index in [9.17, 15) is 27.9 Å². The van der Waals surface area contributed by atoms with E-state index in [1.54, 1.807) is 30.0 Å². The van der Waals surface area contributed by atoms with Crippen molar-refractivity contribution in [2.24, 2.45) is 5.92 Å². The van der Waals surface area contributed by atoms with Crippen molar-refractivity contribution in [3.63, 3.8) is 0 Å². The molecule has 1 heterocycles. The molecule has 2 aliphatic rings. The molecule has 0 unspecified atom stereocenters. The first-order chi connectivity index (χ1) is 20.4. The number of nitrogens with zero attached hydrogens (tertiary/aromatic N) is 2. The first-order valence-corrected chi connectivity index (χ1v) is 15.0. The minimum Gasteiger partial charge on any atom is -0.488 e. The first kappa shape index (κ1) is 32.6. The van der Waals surface area contributed by atoms with Crippen molar-refractivity contribution in [1.29, 1.82) is 0 Å². The quantitative estimate of drug-likeness (QED) is 0.373. The zero-order valence-corrected chi connectivity index (χ0v) is 25.1. The second-order valence-electron chi connectivity index (χ2n) is 12.0. The van der Waals surface area contributed by atoms with Crippen LogP contribution in [0.3, 0.4) is 0 Å². The van der Waals surface area contributed by atoms with Crippen molar-refractivity contribution in [1.82, 2.24) is 15.1 Å². The molecule has 0 saturated heterocycles. The van der Waals surface area contributed by atoms with E-state index in [-0.39, 0.29) is 43.0 Å². The summed E-state index contributed by atoms with van der Waals surface area (Å²) < 4.78 is 45.5. The standard InChI is InChI=1S/C32H43F3N4O4/c1-21-17-39(22(2)20-40)30(41)16-24-15-27(37-31(42)36-26-7-5-4-6-8-26)13-14-28(24)43-29(21)19-38(3)18-23-9-11-25(12-10-23)32(33,34)35/h9-15,21-22,26,29,40H,4-8,16-20H2,1-3H3,(H2,36,37,42)/t21-,22+,29-/m1/s1. The van der Waals surface area contributed by atoms with E-state index in [0.717, 1.165) is 43.4 Å². The number of rotatable bonds is 8. The monoisotopic (exact) mass is 604 g/mol. The molecule has 4 rings (SSSR count). The summed E-state index contributed by atoms with van der Waals surface area (Å²) in [7, 11) is 1.87. The molecule has 0 radical (unpaired) electrons. The molecule has 3 amide bonds. The van der Waals surface area contributed by atoms with E-state index < -0.39 is 17.8 Å². The number of halogens is 3. The van der Waals surface area contributed by atoms with Gasteiger partial charge in [-0.15, -0.1) is 0 Å². The number of likely N-dealkylation sites (N-methyl/N-ethyl adjacent to an activating group) is 1. The minimum atomic E-state index is -4.39. The van der Waals surface area contributed by atoms with Crippen molar-refractivity contribution in [3.8, 4) is 5.75 Å². The number of amides is 3. The number of anilines is 1. The summed E-state index contributed by atoms with van der Waals surface area (Å²) in [5.41, 5.74) is 1.22. The lowest BCUT2D eigenvalue weighted by Crippen LogP contribution is -2.47. The summed E-state index contributed by atoms with van der Waals surface area (Å²) >= 11 is 0. The molecule has 1 aliphatic carbocycles. The number of benzene rings is 2. The van der Waals surface area contributed by atoms with Crippen LogP contribution in [0.2, 0.25) is 0 Å². The minimum absolute atomic E-state index is 0.0419. The Morgan fingerprint density at radius 2 is 1.84 bits per heavy atom. The molecule has 1 fully saturated rings. The molecule has 0 aromatic heterocycles. The van der Waals surface area contributed by atoms with Gasteiger partial charge in [0.2, 0.25) is 5.91 Å². The number of nitrogens with one attached hydrogen (secondary N) is 2. The zero-order valence-electron chi connectivity index (χ0n) is 25.1. The van der Waals surface area contributed by atoms with Crippen molar-refractivity contribution < 1.29 is 32.6 Å². The second kappa shape index (κ2) is 14.4. The SMILES string of the molecule is C[C@@H]1CN([C@@H](C)CO)C(=O)Cc2cc(NC(=O)NC3CCCCC3)ccc2O[C@@H]1CN(C)Cc1ccc(C(F)(F)F)cc1. The van der Waals surface area contributed by atoms with Crippen LogP contribution in [0.5, 0.6) is 5.75 Å². The van der Waals surface area contributed by atoms with Gasteiger partial charge in [-0.1, -0.05) is 38.3 Å². The van der Waals surface area contributed by atoms with Crippen LogP contribution >= 0.6 is 0 Å². The van der Waals surface area contributed by atoms with Gasteiger partial charge in [0.1, 0.15) is 11.9 Å². The van der Waals surface area contributed by atoms with Crippen LogP contribution in [0.1, 0.15) is 62.6 Å². The fraction of sp³-hybridized carbons (Fsp3) is 0.562. The van der Waals surface area contributed by atoms with Crippen LogP contribution in [0.15, 0.2) is 42.5 Å². The maximum atomic E-state index is 13.5. The number of carbonyl (C=O) groups excluding carboxylic acids is 2. The summed E-state index contributed by atoms with van der Waals surface area (Å²) in [5, 5.41) is 15.8. The fourth-order valence-corrected chi connectivity index (χ4v) is 5.81. The smallest absolute Gasteiger partial charge is 0.416 e. The lowest BCUT2D eigenvalue weighted by Gasteiger charge is -2.34. The largest absolute Gasteiger partial charge is 0.488 e. The highest BCUT2D eigenvalue weighted by atomic mass is 19.4. The summed E-state index contributed by atoms with van der Waals surface area (Å²) in [6.07, 6.45) is 0.608. The van der Waals surface area contributed by atoms with E-state index in [4.69, 9.17) is 4.74 Å². The van der Waals surface area contributed by atoms with Crippen molar-refractivity contribution in [3.05, 3.63) is 59.2 Å². The Hall–Kier alpha value is -3.31. The van der Waals surface area contributed by atoms with Gasteiger partial charge < -0.3 is 25.4 Å². The van der Waals surface area contributed by atoms with Crippen molar-refractivity contribution >= 4 is 17.6 Å². The number of aliphatic hydroxyl groups excluding tert-OH is 1. The third kappa shape index (κ3) is 9.09. The number of alkyl halides is 3. The van der Waals surface area contributed by atoms with Gasteiger partial charge >= 0.3 is 12.2 Å². The summed E-state index contributed by atoms with van der Waals surface area (Å²) in [4.78, 5) is 29.8. The van der Waals surface area contributed by atoms with Gasteiger partial charge in [-0.05, 0) is 62.7 Å². The average Bonchev–Trinajstić information content (AvgIpc) is 3.00. The molecule has 43 heavy (non-hydrogen) atoms. The third-order valence-electron chi connectivity index (χ3n) is 8.34. The molecule has 1 saturated carbocycles. The maximum Gasteiger partial charge on any atom is 0.416 e. The van der Waals surface area contributed by atoms with E-state index in [2.05, 4.69) is 10.6 Å². The average molecular weight is 605 g/mol. The van der Waals surface area contributed by atoms with Gasteiger partial charge in [0.25, 0.3) is 0 Å². The van der Waals surface area contributed by atoms with Gasteiger partial charge in [0.05, 0.1) is 24.6 Å². The number of ether oxygens (including phenoxy) is 1. The third-order valence-corrected chi connectivity index (χ3v) is 8.34.